The first-order valence-electron chi connectivity index (χ1n) is 7.47. The monoisotopic (exact) mass is 301 g/mol. The van der Waals surface area contributed by atoms with E-state index in [1.807, 2.05) is 24.3 Å². The molecule has 2 aliphatic rings. The fourth-order valence-corrected chi connectivity index (χ4v) is 3.82. The normalized spacial score (nSPS) is 27.2. The summed E-state index contributed by atoms with van der Waals surface area (Å²) < 4.78 is 0. The molecule has 2 unspecified atom stereocenters. The number of carbonyl (C=O) groups excluding carboxylic acids is 1. The van der Waals surface area contributed by atoms with Gasteiger partial charge < -0.3 is 5.32 Å². The first kappa shape index (κ1) is 13.0. The number of halogens is 1. The van der Waals surface area contributed by atoms with Crippen molar-refractivity contribution >= 4 is 34.4 Å². The van der Waals surface area contributed by atoms with Gasteiger partial charge in [0.15, 0.2) is 11.0 Å². The van der Waals surface area contributed by atoms with Crippen molar-refractivity contribution in [2.45, 2.75) is 25.7 Å². The zero-order valence-corrected chi connectivity index (χ0v) is 12.3. The minimum Gasteiger partial charge on any atom is -0.308 e. The highest BCUT2D eigenvalue weighted by molar-refractivity contribution is 6.32. The van der Waals surface area contributed by atoms with E-state index in [1.54, 1.807) is 0 Å². The number of rotatable bonds is 2. The lowest BCUT2D eigenvalue weighted by atomic mass is 10.0. The van der Waals surface area contributed by atoms with Crippen LogP contribution in [0.15, 0.2) is 24.3 Å². The molecule has 1 aromatic heterocycles. The van der Waals surface area contributed by atoms with E-state index in [1.165, 1.54) is 25.7 Å². The third-order valence-electron chi connectivity index (χ3n) is 4.73. The molecule has 21 heavy (non-hydrogen) atoms. The van der Waals surface area contributed by atoms with Gasteiger partial charge in [-0.3, -0.25) is 4.79 Å². The SMILES string of the molecule is O=C(Nc1nc2ccccc2nc1Cl)C1C2CCCCC21. The number of fused-ring (bicyclic) bond motifs is 2. The van der Waals surface area contributed by atoms with E-state index in [2.05, 4.69) is 15.3 Å². The highest BCUT2D eigenvalue weighted by Gasteiger charge is 2.54. The van der Waals surface area contributed by atoms with Crippen molar-refractivity contribution in [2.75, 3.05) is 5.32 Å². The van der Waals surface area contributed by atoms with Crippen LogP contribution in [0.4, 0.5) is 5.82 Å². The van der Waals surface area contributed by atoms with Crippen LogP contribution in [-0.2, 0) is 4.79 Å². The molecule has 1 amide bonds. The zero-order valence-electron chi connectivity index (χ0n) is 11.6. The molecule has 2 fully saturated rings. The van der Waals surface area contributed by atoms with Gasteiger partial charge in [0.05, 0.1) is 11.0 Å². The molecular weight excluding hydrogens is 286 g/mol. The van der Waals surface area contributed by atoms with Crippen molar-refractivity contribution in [3.63, 3.8) is 0 Å². The summed E-state index contributed by atoms with van der Waals surface area (Å²) in [5.41, 5.74) is 1.48. The van der Waals surface area contributed by atoms with Crippen LogP contribution in [0, 0.1) is 17.8 Å². The molecular formula is C16H16ClN3O. The van der Waals surface area contributed by atoms with E-state index < -0.39 is 0 Å². The maximum atomic E-state index is 12.4. The lowest BCUT2D eigenvalue weighted by Crippen LogP contribution is -2.17. The summed E-state index contributed by atoms with van der Waals surface area (Å²) in [5, 5.41) is 3.13. The van der Waals surface area contributed by atoms with E-state index in [0.717, 1.165) is 11.0 Å². The standard InChI is InChI=1S/C16H16ClN3O/c17-14-15(19-12-8-4-3-7-11(12)18-14)20-16(21)13-9-5-1-2-6-10(9)13/h3-4,7-10,13H,1-2,5-6H2,(H,19,20,21). The minimum atomic E-state index is 0.0541. The Labute approximate surface area is 127 Å². The van der Waals surface area contributed by atoms with Crippen LogP contribution < -0.4 is 5.32 Å². The second-order valence-corrected chi connectivity index (χ2v) is 6.34. The van der Waals surface area contributed by atoms with Crippen LogP contribution in [0.25, 0.3) is 11.0 Å². The maximum Gasteiger partial charge on any atom is 0.229 e. The molecule has 2 aliphatic carbocycles. The number of benzene rings is 1. The fourth-order valence-electron chi connectivity index (χ4n) is 3.64. The van der Waals surface area contributed by atoms with Crippen molar-refractivity contribution in [1.82, 2.24) is 9.97 Å². The maximum absolute atomic E-state index is 12.4. The minimum absolute atomic E-state index is 0.0541. The lowest BCUT2D eigenvalue weighted by molar-refractivity contribution is -0.117. The number of hydrogen-bond donors (Lipinski definition) is 1. The fraction of sp³-hybridized carbons (Fsp3) is 0.438. The van der Waals surface area contributed by atoms with Gasteiger partial charge in [-0.2, -0.15) is 0 Å². The highest BCUT2D eigenvalue weighted by Crippen LogP contribution is 2.55. The number of nitrogens with zero attached hydrogens (tertiary/aromatic N) is 2. The summed E-state index contributed by atoms with van der Waals surface area (Å²) in [6.45, 7) is 0. The van der Waals surface area contributed by atoms with Gasteiger partial charge in [-0.25, -0.2) is 9.97 Å². The predicted octanol–water partition coefficient (Wildman–Crippen LogP) is 3.66. The summed E-state index contributed by atoms with van der Waals surface area (Å²) in [6, 6.07) is 7.51. The predicted molar refractivity (Wildman–Crippen MR) is 82.1 cm³/mol. The van der Waals surface area contributed by atoms with Gasteiger partial charge in [-0.1, -0.05) is 36.6 Å². The Hall–Kier alpha value is -1.68. The number of para-hydroxylation sites is 2. The molecule has 2 aromatic rings. The Balaban J connectivity index is 1.57. The van der Waals surface area contributed by atoms with Gasteiger partial charge in [0.2, 0.25) is 5.91 Å². The van der Waals surface area contributed by atoms with Crippen molar-refractivity contribution < 1.29 is 4.79 Å². The first-order valence-corrected chi connectivity index (χ1v) is 7.85. The average Bonchev–Trinajstić information content (AvgIpc) is 3.22. The van der Waals surface area contributed by atoms with Gasteiger partial charge in [-0.15, -0.1) is 0 Å². The third kappa shape index (κ3) is 2.27. The quantitative estimate of drug-likeness (QED) is 0.921. The molecule has 1 aromatic carbocycles. The summed E-state index contributed by atoms with van der Waals surface area (Å²) in [5.74, 6) is 1.73. The Bertz CT molecular complexity index is 706. The molecule has 0 spiro atoms. The smallest absolute Gasteiger partial charge is 0.229 e. The third-order valence-corrected chi connectivity index (χ3v) is 4.99. The van der Waals surface area contributed by atoms with Crippen molar-refractivity contribution in [3.05, 3.63) is 29.4 Å². The zero-order chi connectivity index (χ0) is 14.4. The summed E-state index contributed by atoms with van der Waals surface area (Å²) in [7, 11) is 0. The molecule has 2 saturated carbocycles. The number of hydrogen-bond acceptors (Lipinski definition) is 3. The molecule has 4 nitrogen and oxygen atoms in total. The van der Waals surface area contributed by atoms with Crippen molar-refractivity contribution in [3.8, 4) is 0 Å². The van der Waals surface area contributed by atoms with Gasteiger partial charge in [0.25, 0.3) is 0 Å². The van der Waals surface area contributed by atoms with E-state index in [0.29, 0.717) is 17.7 Å². The van der Waals surface area contributed by atoms with Crippen LogP contribution in [0.5, 0.6) is 0 Å². The van der Waals surface area contributed by atoms with Gasteiger partial charge in [-0.05, 0) is 36.8 Å². The number of carbonyl (C=O) groups is 1. The molecule has 1 N–H and O–H groups in total. The number of amides is 1. The Morgan fingerprint density at radius 3 is 2.38 bits per heavy atom. The number of anilines is 1. The highest BCUT2D eigenvalue weighted by atomic mass is 35.5. The molecule has 2 atom stereocenters. The molecule has 0 radical (unpaired) electrons. The molecule has 1 heterocycles. The number of nitrogens with one attached hydrogen (secondary N) is 1. The molecule has 108 valence electrons. The molecule has 0 aliphatic heterocycles. The Morgan fingerprint density at radius 2 is 1.71 bits per heavy atom. The van der Waals surface area contributed by atoms with E-state index in [4.69, 9.17) is 11.6 Å². The summed E-state index contributed by atoms with van der Waals surface area (Å²) in [6.07, 6.45) is 4.86. The topological polar surface area (TPSA) is 54.9 Å². The first-order chi connectivity index (χ1) is 10.2. The summed E-state index contributed by atoms with van der Waals surface area (Å²) in [4.78, 5) is 21.1. The van der Waals surface area contributed by atoms with Crippen LogP contribution in [0.1, 0.15) is 25.7 Å². The van der Waals surface area contributed by atoms with Gasteiger partial charge >= 0.3 is 0 Å². The largest absolute Gasteiger partial charge is 0.308 e. The van der Waals surface area contributed by atoms with Crippen molar-refractivity contribution in [2.24, 2.45) is 17.8 Å². The lowest BCUT2D eigenvalue weighted by Gasteiger charge is -2.07. The van der Waals surface area contributed by atoms with Gasteiger partial charge in [0, 0.05) is 5.92 Å². The van der Waals surface area contributed by atoms with E-state index >= 15 is 0 Å². The van der Waals surface area contributed by atoms with Crippen molar-refractivity contribution in [1.29, 1.82) is 0 Å². The van der Waals surface area contributed by atoms with Gasteiger partial charge in [0.1, 0.15) is 0 Å². The Morgan fingerprint density at radius 1 is 1.10 bits per heavy atom. The van der Waals surface area contributed by atoms with Crippen LogP contribution in [0.3, 0.4) is 0 Å². The Kier molecular flexibility index (Phi) is 3.07. The molecule has 0 bridgehead atoms. The van der Waals surface area contributed by atoms with Crippen LogP contribution >= 0.6 is 11.6 Å². The molecule has 5 heteroatoms. The number of aromatic nitrogens is 2. The second-order valence-electron chi connectivity index (χ2n) is 5.98. The van der Waals surface area contributed by atoms with Crippen LogP contribution in [-0.4, -0.2) is 15.9 Å². The summed E-state index contributed by atoms with van der Waals surface area (Å²) >= 11 is 6.14. The second kappa shape index (κ2) is 4.95. The molecule has 4 rings (SSSR count). The van der Waals surface area contributed by atoms with E-state index in [-0.39, 0.29) is 17.0 Å². The molecule has 0 saturated heterocycles. The van der Waals surface area contributed by atoms with Crippen LogP contribution in [0.2, 0.25) is 5.15 Å². The average molecular weight is 302 g/mol. The van der Waals surface area contributed by atoms with E-state index in [9.17, 15) is 4.79 Å².